The van der Waals surface area contributed by atoms with E-state index in [1.54, 1.807) is 18.2 Å². The lowest BCUT2D eigenvalue weighted by atomic mass is 10.1. The molecule has 2 nitrogen and oxygen atoms in total. The summed E-state index contributed by atoms with van der Waals surface area (Å²) in [5.41, 5.74) is 2.52. The van der Waals surface area contributed by atoms with Crippen LogP contribution in [0.1, 0.15) is 22.8 Å². The molecule has 0 aliphatic heterocycles. The van der Waals surface area contributed by atoms with Crippen molar-refractivity contribution in [2.45, 2.75) is 13.5 Å². The number of halogens is 2. The van der Waals surface area contributed by atoms with E-state index in [-0.39, 0.29) is 11.6 Å². The number of rotatable bonds is 4. The summed E-state index contributed by atoms with van der Waals surface area (Å²) in [6.45, 7) is 2.13. The van der Waals surface area contributed by atoms with Gasteiger partial charge in [-0.3, -0.25) is 4.79 Å². The molecule has 104 valence electrons. The van der Waals surface area contributed by atoms with Crippen LogP contribution in [0.4, 0.5) is 10.1 Å². The molecule has 0 atom stereocenters. The van der Waals surface area contributed by atoms with Gasteiger partial charge in [0.15, 0.2) is 5.78 Å². The standard InChI is InChI=1S/C16H15BrFNO/c1-11(20)13-6-7-16(15(17)9-13)19(2)10-12-4-3-5-14(18)8-12/h3-9H,10H2,1-2H3. The number of carbonyl (C=O) groups is 1. The lowest BCUT2D eigenvalue weighted by Gasteiger charge is -2.21. The molecule has 2 rings (SSSR count). The summed E-state index contributed by atoms with van der Waals surface area (Å²) in [5, 5.41) is 0. The number of hydrogen-bond acceptors (Lipinski definition) is 2. The molecule has 0 unspecified atom stereocenters. The molecule has 0 amide bonds. The molecular weight excluding hydrogens is 321 g/mol. The molecule has 0 radical (unpaired) electrons. The zero-order chi connectivity index (χ0) is 14.7. The highest BCUT2D eigenvalue weighted by Crippen LogP contribution is 2.28. The molecule has 20 heavy (non-hydrogen) atoms. The van der Waals surface area contributed by atoms with E-state index in [1.807, 2.05) is 24.1 Å². The van der Waals surface area contributed by atoms with Gasteiger partial charge in [0, 0.05) is 23.6 Å². The lowest BCUT2D eigenvalue weighted by molar-refractivity contribution is 0.101. The first kappa shape index (κ1) is 14.7. The van der Waals surface area contributed by atoms with Gasteiger partial charge < -0.3 is 4.90 Å². The maximum atomic E-state index is 13.2. The summed E-state index contributed by atoms with van der Waals surface area (Å²) in [6.07, 6.45) is 0. The first-order valence-electron chi connectivity index (χ1n) is 6.23. The third-order valence-electron chi connectivity index (χ3n) is 3.07. The number of Topliss-reactive ketones (excluding diaryl/α,β-unsaturated/α-hetero) is 1. The van der Waals surface area contributed by atoms with E-state index in [2.05, 4.69) is 15.9 Å². The predicted molar refractivity (Wildman–Crippen MR) is 82.7 cm³/mol. The van der Waals surface area contributed by atoms with Gasteiger partial charge in [0.2, 0.25) is 0 Å². The van der Waals surface area contributed by atoms with Crippen molar-refractivity contribution >= 4 is 27.4 Å². The highest BCUT2D eigenvalue weighted by atomic mass is 79.9. The van der Waals surface area contributed by atoms with Crippen molar-refractivity contribution in [3.05, 3.63) is 63.9 Å². The quantitative estimate of drug-likeness (QED) is 0.770. The number of ketones is 1. The lowest BCUT2D eigenvalue weighted by Crippen LogP contribution is -2.17. The minimum absolute atomic E-state index is 0.0324. The van der Waals surface area contributed by atoms with Gasteiger partial charge in [-0.1, -0.05) is 12.1 Å². The summed E-state index contributed by atoms with van der Waals surface area (Å²) in [5.74, 6) is -0.202. The predicted octanol–water partition coefficient (Wildman–Crippen LogP) is 4.43. The molecule has 0 spiro atoms. The first-order valence-corrected chi connectivity index (χ1v) is 7.03. The zero-order valence-electron chi connectivity index (χ0n) is 11.4. The molecule has 4 heteroatoms. The fourth-order valence-electron chi connectivity index (χ4n) is 2.03. The van der Waals surface area contributed by atoms with E-state index in [0.29, 0.717) is 12.1 Å². The molecule has 0 saturated carbocycles. The Morgan fingerprint density at radius 2 is 2.00 bits per heavy atom. The number of benzene rings is 2. The van der Waals surface area contributed by atoms with Crippen LogP contribution in [-0.4, -0.2) is 12.8 Å². The van der Waals surface area contributed by atoms with Gasteiger partial charge >= 0.3 is 0 Å². The minimum Gasteiger partial charge on any atom is -0.369 e. The molecule has 0 aliphatic rings. The van der Waals surface area contributed by atoms with Crippen LogP contribution in [0.5, 0.6) is 0 Å². The van der Waals surface area contributed by atoms with Crippen LogP contribution in [-0.2, 0) is 6.54 Å². The Balaban J connectivity index is 2.21. The zero-order valence-corrected chi connectivity index (χ0v) is 12.9. The summed E-state index contributed by atoms with van der Waals surface area (Å²) in [7, 11) is 1.93. The van der Waals surface area contributed by atoms with E-state index in [4.69, 9.17) is 0 Å². The van der Waals surface area contributed by atoms with Crippen molar-refractivity contribution in [1.29, 1.82) is 0 Å². The molecule has 0 heterocycles. The molecular formula is C16H15BrFNO. The van der Waals surface area contributed by atoms with Crippen molar-refractivity contribution in [3.8, 4) is 0 Å². The highest BCUT2D eigenvalue weighted by molar-refractivity contribution is 9.10. The third kappa shape index (κ3) is 3.45. The second-order valence-electron chi connectivity index (χ2n) is 4.71. The number of hydrogen-bond donors (Lipinski definition) is 0. The van der Waals surface area contributed by atoms with E-state index in [1.165, 1.54) is 19.1 Å². The SMILES string of the molecule is CC(=O)c1ccc(N(C)Cc2cccc(F)c2)c(Br)c1. The van der Waals surface area contributed by atoms with Gasteiger partial charge in [0.25, 0.3) is 0 Å². The van der Waals surface area contributed by atoms with Crippen LogP contribution in [0.25, 0.3) is 0 Å². The van der Waals surface area contributed by atoms with Crippen LogP contribution in [0.2, 0.25) is 0 Å². The van der Waals surface area contributed by atoms with E-state index >= 15 is 0 Å². The van der Waals surface area contributed by atoms with Gasteiger partial charge in [-0.25, -0.2) is 4.39 Å². The topological polar surface area (TPSA) is 20.3 Å². The molecule has 2 aromatic rings. The maximum Gasteiger partial charge on any atom is 0.159 e. The van der Waals surface area contributed by atoms with Crippen LogP contribution in [0.3, 0.4) is 0 Å². The average Bonchev–Trinajstić information content (AvgIpc) is 2.38. The average molecular weight is 336 g/mol. The Hall–Kier alpha value is -1.68. The molecule has 0 aliphatic carbocycles. The van der Waals surface area contributed by atoms with E-state index in [0.717, 1.165) is 15.7 Å². The van der Waals surface area contributed by atoms with Gasteiger partial charge in [-0.2, -0.15) is 0 Å². The van der Waals surface area contributed by atoms with Crippen LogP contribution >= 0.6 is 15.9 Å². The Kier molecular flexibility index (Phi) is 4.55. The van der Waals surface area contributed by atoms with Crippen molar-refractivity contribution in [2.75, 3.05) is 11.9 Å². The van der Waals surface area contributed by atoms with Crippen molar-refractivity contribution in [1.82, 2.24) is 0 Å². The molecule has 0 fully saturated rings. The Labute approximate surface area is 126 Å². The number of nitrogens with zero attached hydrogens (tertiary/aromatic N) is 1. The molecule has 0 saturated heterocycles. The Morgan fingerprint density at radius 3 is 2.60 bits per heavy atom. The third-order valence-corrected chi connectivity index (χ3v) is 3.71. The second kappa shape index (κ2) is 6.18. The Morgan fingerprint density at radius 1 is 1.25 bits per heavy atom. The van der Waals surface area contributed by atoms with Crippen molar-refractivity contribution in [3.63, 3.8) is 0 Å². The molecule has 0 N–H and O–H groups in total. The fourth-order valence-corrected chi connectivity index (χ4v) is 2.71. The number of anilines is 1. The smallest absolute Gasteiger partial charge is 0.159 e. The van der Waals surface area contributed by atoms with Crippen molar-refractivity contribution < 1.29 is 9.18 Å². The van der Waals surface area contributed by atoms with Crippen molar-refractivity contribution in [2.24, 2.45) is 0 Å². The summed E-state index contributed by atoms with van der Waals surface area (Å²) >= 11 is 3.48. The maximum absolute atomic E-state index is 13.2. The molecule has 0 aromatic heterocycles. The monoisotopic (exact) mass is 335 g/mol. The normalized spacial score (nSPS) is 10.4. The van der Waals surface area contributed by atoms with Gasteiger partial charge in [0.05, 0.1) is 5.69 Å². The summed E-state index contributed by atoms with van der Waals surface area (Å²) in [6, 6.07) is 12.0. The Bertz CT molecular complexity index is 642. The minimum atomic E-state index is -0.234. The summed E-state index contributed by atoms with van der Waals surface area (Å²) < 4.78 is 14.0. The molecule has 2 aromatic carbocycles. The fraction of sp³-hybridized carbons (Fsp3) is 0.188. The molecule has 0 bridgehead atoms. The van der Waals surface area contributed by atoms with Gasteiger partial charge in [-0.05, 0) is 58.7 Å². The van der Waals surface area contributed by atoms with Gasteiger partial charge in [-0.15, -0.1) is 0 Å². The largest absolute Gasteiger partial charge is 0.369 e. The number of carbonyl (C=O) groups excluding carboxylic acids is 1. The highest BCUT2D eigenvalue weighted by Gasteiger charge is 2.09. The first-order chi connectivity index (χ1) is 9.47. The van der Waals surface area contributed by atoms with Crippen LogP contribution in [0, 0.1) is 5.82 Å². The van der Waals surface area contributed by atoms with Gasteiger partial charge in [0.1, 0.15) is 5.82 Å². The second-order valence-corrected chi connectivity index (χ2v) is 5.56. The van der Waals surface area contributed by atoms with Crippen LogP contribution < -0.4 is 4.90 Å². The van der Waals surface area contributed by atoms with E-state index in [9.17, 15) is 9.18 Å². The van der Waals surface area contributed by atoms with Crippen LogP contribution in [0.15, 0.2) is 46.9 Å². The summed E-state index contributed by atoms with van der Waals surface area (Å²) in [4.78, 5) is 13.3. The van der Waals surface area contributed by atoms with E-state index < -0.39 is 0 Å².